The number of carbonyl (C=O) groups is 2. The van der Waals surface area contributed by atoms with Crippen molar-refractivity contribution in [3.05, 3.63) is 40.6 Å². The Morgan fingerprint density at radius 3 is 2.61 bits per heavy atom. The van der Waals surface area contributed by atoms with Crippen LogP contribution in [0.5, 0.6) is 0 Å². The van der Waals surface area contributed by atoms with E-state index in [2.05, 4.69) is 10.3 Å². The maximum absolute atomic E-state index is 14.0. The standard InChI is InChI=1S/C23H26F3N3O4/c1-29(32-2)22(31)17-10-19(21(30)27-11-13-4-3-7-33-12-13)28-20-16(17)8-15(14-5-6-14)9-18(20)23(24,25)26/h8-10,13-14H,3-7,11-12H2,1-2H3,(H,27,30). The van der Waals surface area contributed by atoms with Crippen molar-refractivity contribution in [2.45, 2.75) is 37.8 Å². The normalized spacial score (nSPS) is 18.9. The predicted octanol–water partition coefficient (Wildman–Crippen LogP) is 3.92. The number of hydrogen-bond donors (Lipinski definition) is 1. The van der Waals surface area contributed by atoms with Gasteiger partial charge >= 0.3 is 6.18 Å². The molecule has 2 amide bonds. The molecule has 2 heterocycles. The third-order valence-electron chi connectivity index (χ3n) is 6.12. The highest BCUT2D eigenvalue weighted by Crippen LogP contribution is 2.44. The third kappa shape index (κ3) is 5.11. The minimum absolute atomic E-state index is 0.0271. The second-order valence-electron chi connectivity index (χ2n) is 8.57. The average Bonchev–Trinajstić information content (AvgIpc) is 3.65. The van der Waals surface area contributed by atoms with Crippen LogP contribution in [0.4, 0.5) is 13.2 Å². The Kier molecular flexibility index (Phi) is 6.58. The number of ether oxygens (including phenoxy) is 1. The number of aromatic nitrogens is 1. The molecular weight excluding hydrogens is 439 g/mol. The number of benzene rings is 1. The van der Waals surface area contributed by atoms with Gasteiger partial charge in [0.05, 0.1) is 30.4 Å². The molecule has 4 rings (SSSR count). The monoisotopic (exact) mass is 465 g/mol. The van der Waals surface area contributed by atoms with Gasteiger partial charge in [-0.15, -0.1) is 0 Å². The molecule has 0 bridgehead atoms. The lowest BCUT2D eigenvalue weighted by Crippen LogP contribution is -2.34. The summed E-state index contributed by atoms with van der Waals surface area (Å²) in [6.45, 7) is 1.50. The van der Waals surface area contributed by atoms with E-state index < -0.39 is 29.1 Å². The van der Waals surface area contributed by atoms with Crippen LogP contribution in [0.25, 0.3) is 10.9 Å². The Balaban J connectivity index is 1.79. The fourth-order valence-corrected chi connectivity index (χ4v) is 4.06. The maximum atomic E-state index is 14.0. The van der Waals surface area contributed by atoms with Gasteiger partial charge in [0.2, 0.25) is 0 Å². The van der Waals surface area contributed by atoms with Crippen LogP contribution in [0.2, 0.25) is 0 Å². The lowest BCUT2D eigenvalue weighted by atomic mass is 9.97. The van der Waals surface area contributed by atoms with E-state index in [1.165, 1.54) is 20.2 Å². The third-order valence-corrected chi connectivity index (χ3v) is 6.12. The molecule has 1 saturated heterocycles. The second-order valence-corrected chi connectivity index (χ2v) is 8.57. The summed E-state index contributed by atoms with van der Waals surface area (Å²) in [7, 11) is 2.63. The SMILES string of the molecule is CON(C)C(=O)c1cc(C(=O)NCC2CCCOC2)nc2c(C(F)(F)F)cc(C3CC3)cc12. The number of fused-ring (bicyclic) bond motifs is 1. The van der Waals surface area contributed by atoms with Crippen LogP contribution in [-0.2, 0) is 15.8 Å². The van der Waals surface area contributed by atoms with E-state index >= 15 is 0 Å². The largest absolute Gasteiger partial charge is 0.418 e. The fourth-order valence-electron chi connectivity index (χ4n) is 4.06. The first-order valence-electron chi connectivity index (χ1n) is 10.9. The van der Waals surface area contributed by atoms with Crippen molar-refractivity contribution < 1.29 is 32.3 Å². The highest BCUT2D eigenvalue weighted by atomic mass is 19.4. The lowest BCUT2D eigenvalue weighted by molar-refractivity contribution is -0.136. The molecule has 2 aromatic rings. The average molecular weight is 465 g/mol. The van der Waals surface area contributed by atoms with Crippen LogP contribution < -0.4 is 5.32 Å². The fraction of sp³-hybridized carbons (Fsp3) is 0.522. The van der Waals surface area contributed by atoms with Gasteiger partial charge in [-0.25, -0.2) is 10.0 Å². The van der Waals surface area contributed by atoms with Gasteiger partial charge in [0.1, 0.15) is 5.69 Å². The van der Waals surface area contributed by atoms with Crippen molar-refractivity contribution in [3.63, 3.8) is 0 Å². The van der Waals surface area contributed by atoms with Crippen LogP contribution in [0.3, 0.4) is 0 Å². The van der Waals surface area contributed by atoms with Crippen LogP contribution in [0.15, 0.2) is 18.2 Å². The molecule has 33 heavy (non-hydrogen) atoms. The molecule has 178 valence electrons. The zero-order valence-electron chi connectivity index (χ0n) is 18.5. The summed E-state index contributed by atoms with van der Waals surface area (Å²) in [5.74, 6) is -1.16. The minimum atomic E-state index is -4.70. The first-order valence-corrected chi connectivity index (χ1v) is 10.9. The van der Waals surface area contributed by atoms with Crippen molar-refractivity contribution in [2.75, 3.05) is 33.9 Å². The van der Waals surface area contributed by atoms with Crippen LogP contribution in [0, 0.1) is 5.92 Å². The van der Waals surface area contributed by atoms with E-state index in [0.29, 0.717) is 25.3 Å². The lowest BCUT2D eigenvalue weighted by Gasteiger charge is -2.22. The summed E-state index contributed by atoms with van der Waals surface area (Å²) in [6, 6.07) is 3.90. The minimum Gasteiger partial charge on any atom is -0.381 e. The molecule has 0 spiro atoms. The van der Waals surface area contributed by atoms with E-state index in [9.17, 15) is 22.8 Å². The number of alkyl halides is 3. The van der Waals surface area contributed by atoms with Gasteiger partial charge in [-0.2, -0.15) is 13.2 Å². The summed E-state index contributed by atoms with van der Waals surface area (Å²) in [5, 5.41) is 3.68. The summed E-state index contributed by atoms with van der Waals surface area (Å²) < 4.78 is 47.4. The van der Waals surface area contributed by atoms with Gasteiger partial charge in [0, 0.05) is 25.6 Å². The topological polar surface area (TPSA) is 80.8 Å². The highest BCUT2D eigenvalue weighted by molar-refractivity contribution is 6.09. The summed E-state index contributed by atoms with van der Waals surface area (Å²) in [5.41, 5.74) is -1.18. The number of nitrogens with one attached hydrogen (secondary N) is 1. The number of hydrogen-bond acceptors (Lipinski definition) is 5. The summed E-state index contributed by atoms with van der Waals surface area (Å²) in [4.78, 5) is 34.8. The Hall–Kier alpha value is -2.72. The van der Waals surface area contributed by atoms with Crippen molar-refractivity contribution in [3.8, 4) is 0 Å². The number of halogens is 3. The number of nitrogens with zero attached hydrogens (tertiary/aromatic N) is 2. The van der Waals surface area contributed by atoms with Crippen LogP contribution in [-0.4, -0.2) is 55.8 Å². The van der Waals surface area contributed by atoms with Crippen LogP contribution >= 0.6 is 0 Å². The van der Waals surface area contributed by atoms with Crippen LogP contribution in [0.1, 0.15) is 63.6 Å². The number of hydroxylamine groups is 2. The van der Waals surface area contributed by atoms with Gasteiger partial charge < -0.3 is 10.1 Å². The molecule has 1 unspecified atom stereocenters. The molecule has 1 aromatic carbocycles. The van der Waals surface area contributed by atoms with Gasteiger partial charge in [0.25, 0.3) is 11.8 Å². The van der Waals surface area contributed by atoms with Crippen molar-refractivity contribution in [1.29, 1.82) is 0 Å². The molecule has 1 atom stereocenters. The molecule has 2 aliphatic rings. The molecule has 2 fully saturated rings. The molecule has 0 radical (unpaired) electrons. The summed E-state index contributed by atoms with van der Waals surface area (Å²) in [6.07, 6.45) is -1.34. The Morgan fingerprint density at radius 1 is 1.24 bits per heavy atom. The number of pyridine rings is 1. The molecule has 10 heteroatoms. The number of carbonyl (C=O) groups excluding carboxylic acids is 2. The molecular formula is C23H26F3N3O4. The van der Waals surface area contributed by atoms with Gasteiger partial charge in [-0.05, 0) is 61.3 Å². The quantitative estimate of drug-likeness (QED) is 0.654. The molecule has 7 nitrogen and oxygen atoms in total. The number of rotatable bonds is 6. The molecule has 1 aromatic heterocycles. The summed E-state index contributed by atoms with van der Waals surface area (Å²) >= 11 is 0. The van der Waals surface area contributed by atoms with E-state index in [4.69, 9.17) is 9.57 Å². The van der Waals surface area contributed by atoms with E-state index in [1.54, 1.807) is 6.07 Å². The Bertz CT molecular complexity index is 1060. The Morgan fingerprint density at radius 2 is 2.00 bits per heavy atom. The molecule has 1 aliphatic heterocycles. The zero-order chi connectivity index (χ0) is 23.8. The van der Waals surface area contributed by atoms with E-state index in [0.717, 1.165) is 36.8 Å². The maximum Gasteiger partial charge on any atom is 0.418 e. The predicted molar refractivity (Wildman–Crippen MR) is 114 cm³/mol. The zero-order valence-corrected chi connectivity index (χ0v) is 18.5. The van der Waals surface area contributed by atoms with Crippen molar-refractivity contribution >= 4 is 22.7 Å². The molecule has 1 saturated carbocycles. The van der Waals surface area contributed by atoms with Gasteiger partial charge in [-0.1, -0.05) is 0 Å². The van der Waals surface area contributed by atoms with Crippen molar-refractivity contribution in [1.82, 2.24) is 15.4 Å². The first-order chi connectivity index (χ1) is 15.7. The molecule has 1 aliphatic carbocycles. The van der Waals surface area contributed by atoms with E-state index in [-0.39, 0.29) is 28.5 Å². The second kappa shape index (κ2) is 9.26. The van der Waals surface area contributed by atoms with Crippen molar-refractivity contribution in [2.24, 2.45) is 5.92 Å². The smallest absolute Gasteiger partial charge is 0.381 e. The number of amides is 2. The first kappa shape index (κ1) is 23.4. The van der Waals surface area contributed by atoms with E-state index in [1.807, 2.05) is 0 Å². The highest BCUT2D eigenvalue weighted by Gasteiger charge is 2.37. The molecule has 1 N–H and O–H groups in total. The Labute approximate surface area is 189 Å². The van der Waals surface area contributed by atoms with Gasteiger partial charge in [-0.3, -0.25) is 14.4 Å². The van der Waals surface area contributed by atoms with Gasteiger partial charge in [0.15, 0.2) is 0 Å².